The van der Waals surface area contributed by atoms with Gasteiger partial charge in [0.05, 0.1) is 28.8 Å². The van der Waals surface area contributed by atoms with Gasteiger partial charge in [0, 0.05) is 19.2 Å². The average molecular weight is 376 g/mol. The number of hydrogen-bond donors (Lipinski definition) is 2. The molecule has 0 saturated carbocycles. The topological polar surface area (TPSA) is 83.1 Å². The monoisotopic (exact) mass is 375 g/mol. The van der Waals surface area contributed by atoms with E-state index in [1.54, 1.807) is 12.3 Å². The number of pyridine rings is 1. The van der Waals surface area contributed by atoms with Crippen LogP contribution in [0, 0.1) is 5.82 Å². The van der Waals surface area contributed by atoms with Crippen LogP contribution >= 0.6 is 11.6 Å². The zero-order valence-electron chi connectivity index (χ0n) is 13.8. The number of rotatable bonds is 0. The van der Waals surface area contributed by atoms with Gasteiger partial charge in [0.1, 0.15) is 23.9 Å². The largest absolute Gasteiger partial charge is 0.491 e. The summed E-state index contributed by atoms with van der Waals surface area (Å²) in [5.74, 6) is -0.328. The fourth-order valence-corrected chi connectivity index (χ4v) is 3.09. The predicted molar refractivity (Wildman–Crippen MR) is 95.2 cm³/mol. The lowest BCUT2D eigenvalue weighted by Crippen LogP contribution is -2.28. The molecule has 3 aromatic rings. The first-order chi connectivity index (χ1) is 12.5. The summed E-state index contributed by atoms with van der Waals surface area (Å²) in [6, 6.07) is 4.62. The van der Waals surface area contributed by atoms with Crippen LogP contribution in [0.15, 0.2) is 24.4 Å². The number of nitrogens with one attached hydrogen (secondary N) is 2. The van der Waals surface area contributed by atoms with E-state index in [1.165, 1.54) is 6.07 Å². The summed E-state index contributed by atoms with van der Waals surface area (Å²) in [4.78, 5) is 18.5. The van der Waals surface area contributed by atoms with Crippen LogP contribution in [0.3, 0.4) is 0 Å². The minimum Gasteiger partial charge on any atom is -0.491 e. The van der Waals surface area contributed by atoms with E-state index in [1.807, 2.05) is 18.0 Å². The van der Waals surface area contributed by atoms with Gasteiger partial charge in [-0.3, -0.25) is 9.89 Å². The lowest BCUT2D eigenvalue weighted by atomic mass is 10.1. The summed E-state index contributed by atoms with van der Waals surface area (Å²) in [6.07, 6.45) is 1.64. The number of anilines is 1. The van der Waals surface area contributed by atoms with Gasteiger partial charge in [0.15, 0.2) is 5.65 Å². The molecule has 0 fully saturated rings. The maximum Gasteiger partial charge on any atom is 0.270 e. The summed E-state index contributed by atoms with van der Waals surface area (Å²) in [6.45, 7) is 0.807. The van der Waals surface area contributed by atoms with Gasteiger partial charge in [-0.25, -0.2) is 9.37 Å². The maximum absolute atomic E-state index is 13.9. The van der Waals surface area contributed by atoms with Gasteiger partial charge >= 0.3 is 0 Å². The molecule has 26 heavy (non-hydrogen) atoms. The molecule has 0 aliphatic carbocycles. The van der Waals surface area contributed by atoms with E-state index in [0.717, 1.165) is 5.69 Å². The average Bonchev–Trinajstić information content (AvgIpc) is 3.06. The molecule has 134 valence electrons. The standard InChI is InChI=1S/C17H15ClFN5O2/c1-24-8-11-13(3-2-12(19)14(11)18)26-5-4-20-17(25)15-10-6-9(24)7-21-16(10)23-22-15/h2-3,6-7H,4-5,8H2,1H3,(H,20,25)(H,21,22,23). The third-order valence-electron chi connectivity index (χ3n) is 4.26. The van der Waals surface area contributed by atoms with E-state index in [2.05, 4.69) is 20.5 Å². The van der Waals surface area contributed by atoms with Crippen molar-refractivity contribution in [2.45, 2.75) is 6.54 Å². The summed E-state index contributed by atoms with van der Waals surface area (Å²) in [5.41, 5.74) is 2.05. The van der Waals surface area contributed by atoms with Crippen LogP contribution in [0.2, 0.25) is 5.02 Å². The molecule has 2 N–H and O–H groups in total. The minimum absolute atomic E-state index is 0.0197. The highest BCUT2D eigenvalue weighted by Gasteiger charge is 2.19. The van der Waals surface area contributed by atoms with Crippen molar-refractivity contribution in [1.82, 2.24) is 20.5 Å². The second-order valence-electron chi connectivity index (χ2n) is 5.96. The minimum atomic E-state index is -0.509. The Balaban J connectivity index is 1.83. The number of benzene rings is 1. The molecule has 0 saturated heterocycles. The summed E-state index contributed by atoms with van der Waals surface area (Å²) < 4.78 is 19.7. The van der Waals surface area contributed by atoms with Crippen molar-refractivity contribution in [3.05, 3.63) is 46.5 Å². The molecule has 1 amide bonds. The first-order valence-corrected chi connectivity index (χ1v) is 8.35. The number of nitrogens with zero attached hydrogens (tertiary/aromatic N) is 3. The zero-order valence-corrected chi connectivity index (χ0v) is 14.6. The molecule has 0 unspecified atom stereocenters. The van der Waals surface area contributed by atoms with E-state index in [4.69, 9.17) is 16.3 Å². The van der Waals surface area contributed by atoms with Crippen molar-refractivity contribution in [3.63, 3.8) is 0 Å². The third-order valence-corrected chi connectivity index (χ3v) is 4.67. The quantitative estimate of drug-likeness (QED) is 0.631. The molecule has 4 rings (SSSR count). The Kier molecular flexibility index (Phi) is 4.12. The van der Waals surface area contributed by atoms with Gasteiger partial charge < -0.3 is 15.0 Å². The molecule has 0 atom stereocenters. The van der Waals surface area contributed by atoms with Gasteiger partial charge in [-0.15, -0.1) is 0 Å². The number of ether oxygens (including phenoxy) is 1. The third kappa shape index (κ3) is 2.82. The summed E-state index contributed by atoms with van der Waals surface area (Å²) in [7, 11) is 1.83. The lowest BCUT2D eigenvalue weighted by Gasteiger charge is -2.22. The van der Waals surface area contributed by atoms with Crippen molar-refractivity contribution in [2.75, 3.05) is 25.1 Å². The number of aromatic amines is 1. The molecule has 2 bridgehead atoms. The molecular formula is C17H15ClFN5O2. The van der Waals surface area contributed by atoms with E-state index in [-0.39, 0.29) is 24.1 Å². The van der Waals surface area contributed by atoms with E-state index in [9.17, 15) is 9.18 Å². The van der Waals surface area contributed by atoms with Crippen LogP contribution in [-0.4, -0.2) is 41.3 Å². The second kappa shape index (κ2) is 6.45. The van der Waals surface area contributed by atoms with E-state index >= 15 is 0 Å². The Morgan fingerprint density at radius 2 is 2.23 bits per heavy atom. The lowest BCUT2D eigenvalue weighted by molar-refractivity contribution is 0.0943. The van der Waals surface area contributed by atoms with Crippen molar-refractivity contribution < 1.29 is 13.9 Å². The fraction of sp³-hybridized carbons (Fsp3) is 0.235. The summed E-state index contributed by atoms with van der Waals surface area (Å²) in [5, 5.41) is 10.2. The molecule has 2 aromatic heterocycles. The van der Waals surface area contributed by atoms with Crippen LogP contribution in [0.25, 0.3) is 11.0 Å². The second-order valence-corrected chi connectivity index (χ2v) is 6.34. The molecule has 1 aliphatic heterocycles. The Morgan fingerprint density at radius 3 is 3.08 bits per heavy atom. The van der Waals surface area contributed by atoms with Crippen molar-refractivity contribution in [1.29, 1.82) is 0 Å². The predicted octanol–water partition coefficient (Wildman–Crippen LogP) is 2.51. The SMILES string of the molecule is CN1Cc2c(ccc(F)c2Cl)OCCNC(=O)c2[nH]nc3ncc1cc23. The van der Waals surface area contributed by atoms with Crippen LogP contribution < -0.4 is 15.0 Å². The van der Waals surface area contributed by atoms with Crippen LogP contribution in [0.1, 0.15) is 16.1 Å². The number of carbonyl (C=O) groups excluding carboxylic acids is 1. The molecule has 0 spiro atoms. The molecule has 1 aliphatic rings. The number of halogens is 2. The zero-order chi connectivity index (χ0) is 18.3. The summed E-state index contributed by atoms with van der Waals surface area (Å²) >= 11 is 6.17. The van der Waals surface area contributed by atoms with Crippen LogP contribution in [-0.2, 0) is 6.54 Å². The fourth-order valence-electron chi connectivity index (χ4n) is 2.87. The molecule has 1 aromatic carbocycles. The van der Waals surface area contributed by atoms with Gasteiger partial charge in [-0.05, 0) is 18.2 Å². The van der Waals surface area contributed by atoms with Gasteiger partial charge in [0.25, 0.3) is 5.91 Å². The van der Waals surface area contributed by atoms with Gasteiger partial charge in [-0.2, -0.15) is 5.10 Å². The number of H-pyrrole nitrogens is 1. The Labute approximate surface area is 153 Å². The van der Waals surface area contributed by atoms with Gasteiger partial charge in [-0.1, -0.05) is 11.6 Å². The molecule has 7 nitrogen and oxygen atoms in total. The molecule has 3 heterocycles. The Hall–Kier alpha value is -2.87. The molecule has 0 radical (unpaired) electrons. The maximum atomic E-state index is 13.9. The normalized spacial score (nSPS) is 14.9. The van der Waals surface area contributed by atoms with Crippen LogP contribution in [0.5, 0.6) is 5.75 Å². The highest BCUT2D eigenvalue weighted by molar-refractivity contribution is 6.31. The first kappa shape index (κ1) is 16.6. The highest BCUT2D eigenvalue weighted by Crippen LogP contribution is 2.32. The highest BCUT2D eigenvalue weighted by atomic mass is 35.5. The molecule has 9 heteroatoms. The Bertz CT molecular complexity index is 1010. The first-order valence-electron chi connectivity index (χ1n) is 7.97. The number of aromatic nitrogens is 3. The van der Waals surface area contributed by atoms with Crippen LogP contribution in [0.4, 0.5) is 10.1 Å². The number of fused-ring (bicyclic) bond motifs is 2. The smallest absolute Gasteiger partial charge is 0.270 e. The van der Waals surface area contributed by atoms with E-state index in [0.29, 0.717) is 34.6 Å². The van der Waals surface area contributed by atoms with Gasteiger partial charge in [0.2, 0.25) is 0 Å². The Morgan fingerprint density at radius 1 is 1.38 bits per heavy atom. The molecular weight excluding hydrogens is 361 g/mol. The van der Waals surface area contributed by atoms with Crippen molar-refractivity contribution >= 4 is 34.2 Å². The van der Waals surface area contributed by atoms with E-state index < -0.39 is 5.82 Å². The number of hydrogen-bond acceptors (Lipinski definition) is 5. The number of carbonyl (C=O) groups is 1. The van der Waals surface area contributed by atoms with Crippen molar-refractivity contribution in [3.8, 4) is 5.75 Å². The number of amides is 1. The van der Waals surface area contributed by atoms with Crippen molar-refractivity contribution in [2.24, 2.45) is 0 Å².